The molecule has 1 saturated carbocycles. The van der Waals surface area contributed by atoms with Gasteiger partial charge in [0.25, 0.3) is 11.8 Å². The standard InChI is InChI=1S/C16H16F2N4O2S/c1-8-4-10(17)9(13(23)21-7-16(18)2-3-16)5-11(8)22-14(24)12-6-20-15(19)25-12/h4-6H,2-3,7H2,1H3,(H2,19,20)(H,21,23)(H,22,24). The molecule has 3 rings (SSSR count). The number of anilines is 2. The predicted molar refractivity (Wildman–Crippen MR) is 91.0 cm³/mol. The smallest absolute Gasteiger partial charge is 0.267 e. The van der Waals surface area contributed by atoms with E-state index in [1.807, 2.05) is 0 Å². The van der Waals surface area contributed by atoms with Gasteiger partial charge in [-0.05, 0) is 37.5 Å². The number of aryl methyl sites for hydroxylation is 1. The third-order valence-corrected chi connectivity index (χ3v) is 4.74. The first kappa shape index (κ1) is 17.3. The van der Waals surface area contributed by atoms with Gasteiger partial charge in [0, 0.05) is 5.69 Å². The third-order valence-electron chi connectivity index (χ3n) is 3.91. The van der Waals surface area contributed by atoms with Crippen LogP contribution in [0.15, 0.2) is 18.3 Å². The molecule has 0 spiro atoms. The number of alkyl halides is 1. The predicted octanol–water partition coefficient (Wildman–Crippen LogP) is 2.66. The fourth-order valence-electron chi connectivity index (χ4n) is 2.20. The van der Waals surface area contributed by atoms with E-state index in [0.717, 1.165) is 17.4 Å². The molecule has 0 aliphatic heterocycles. The van der Waals surface area contributed by atoms with Crippen molar-refractivity contribution in [3.8, 4) is 0 Å². The van der Waals surface area contributed by atoms with Gasteiger partial charge < -0.3 is 16.4 Å². The Morgan fingerprint density at radius 1 is 1.36 bits per heavy atom. The Balaban J connectivity index is 1.77. The quantitative estimate of drug-likeness (QED) is 0.758. The number of hydrogen-bond acceptors (Lipinski definition) is 5. The summed E-state index contributed by atoms with van der Waals surface area (Å²) in [5.41, 5.74) is 4.59. The number of nitrogens with two attached hydrogens (primary N) is 1. The van der Waals surface area contributed by atoms with E-state index in [0.29, 0.717) is 23.3 Å². The molecule has 0 bridgehead atoms. The summed E-state index contributed by atoms with van der Waals surface area (Å²) in [4.78, 5) is 28.4. The van der Waals surface area contributed by atoms with Crippen LogP contribution in [0.25, 0.3) is 0 Å². The number of nitrogens with one attached hydrogen (secondary N) is 2. The molecule has 0 radical (unpaired) electrons. The van der Waals surface area contributed by atoms with Crippen LogP contribution in [0, 0.1) is 12.7 Å². The summed E-state index contributed by atoms with van der Waals surface area (Å²) in [6.07, 6.45) is 2.12. The van der Waals surface area contributed by atoms with Gasteiger partial charge in [-0.25, -0.2) is 13.8 Å². The molecular weight excluding hydrogens is 350 g/mol. The van der Waals surface area contributed by atoms with Gasteiger partial charge in [-0.2, -0.15) is 0 Å². The highest BCUT2D eigenvalue weighted by atomic mass is 32.1. The lowest BCUT2D eigenvalue weighted by molar-refractivity contribution is 0.0932. The molecule has 25 heavy (non-hydrogen) atoms. The zero-order valence-electron chi connectivity index (χ0n) is 13.4. The summed E-state index contributed by atoms with van der Waals surface area (Å²) >= 11 is 1.01. The summed E-state index contributed by atoms with van der Waals surface area (Å²) in [7, 11) is 0. The van der Waals surface area contributed by atoms with Gasteiger partial charge in [-0.1, -0.05) is 11.3 Å². The van der Waals surface area contributed by atoms with Crippen molar-refractivity contribution in [2.45, 2.75) is 25.4 Å². The van der Waals surface area contributed by atoms with Gasteiger partial charge in [0.15, 0.2) is 5.13 Å². The van der Waals surface area contributed by atoms with E-state index in [1.165, 1.54) is 12.3 Å². The van der Waals surface area contributed by atoms with E-state index in [4.69, 9.17) is 5.73 Å². The van der Waals surface area contributed by atoms with Crippen molar-refractivity contribution >= 4 is 34.0 Å². The Bertz CT molecular complexity index is 849. The first-order chi connectivity index (χ1) is 11.8. The second-order valence-corrected chi connectivity index (χ2v) is 7.06. The van der Waals surface area contributed by atoms with Crippen LogP contribution in [-0.2, 0) is 0 Å². The topological polar surface area (TPSA) is 97.1 Å². The number of nitrogen functional groups attached to an aromatic ring is 1. The first-order valence-electron chi connectivity index (χ1n) is 7.57. The Morgan fingerprint density at radius 2 is 2.08 bits per heavy atom. The average molecular weight is 366 g/mol. The summed E-state index contributed by atoms with van der Waals surface area (Å²) in [6.45, 7) is 1.45. The second-order valence-electron chi connectivity index (χ2n) is 6.00. The number of thiazole rings is 1. The molecule has 6 nitrogen and oxygen atoms in total. The lowest BCUT2D eigenvalue weighted by atomic mass is 10.1. The van der Waals surface area contributed by atoms with Crippen molar-refractivity contribution in [1.29, 1.82) is 0 Å². The van der Waals surface area contributed by atoms with Gasteiger partial charge in [0.1, 0.15) is 16.4 Å². The molecule has 0 unspecified atom stereocenters. The van der Waals surface area contributed by atoms with Crippen LogP contribution in [0.2, 0.25) is 0 Å². The first-order valence-corrected chi connectivity index (χ1v) is 8.39. The molecule has 0 atom stereocenters. The van der Waals surface area contributed by atoms with E-state index < -0.39 is 23.3 Å². The van der Waals surface area contributed by atoms with Crippen molar-refractivity contribution in [1.82, 2.24) is 10.3 Å². The van der Waals surface area contributed by atoms with Crippen molar-refractivity contribution in [2.24, 2.45) is 0 Å². The van der Waals surface area contributed by atoms with Gasteiger partial charge in [0.05, 0.1) is 18.3 Å². The largest absolute Gasteiger partial charge is 0.375 e. The van der Waals surface area contributed by atoms with E-state index in [-0.39, 0.29) is 22.9 Å². The van der Waals surface area contributed by atoms with Gasteiger partial charge in [-0.15, -0.1) is 0 Å². The SMILES string of the molecule is Cc1cc(F)c(C(=O)NCC2(F)CC2)cc1NC(=O)c1cnc(N)s1. The number of carbonyl (C=O) groups is 2. The van der Waals surface area contributed by atoms with Crippen LogP contribution in [0.4, 0.5) is 19.6 Å². The van der Waals surface area contributed by atoms with Crippen LogP contribution in [0.5, 0.6) is 0 Å². The van der Waals surface area contributed by atoms with Gasteiger partial charge >= 0.3 is 0 Å². The Kier molecular flexibility index (Phi) is 4.42. The van der Waals surface area contributed by atoms with E-state index >= 15 is 0 Å². The van der Waals surface area contributed by atoms with Crippen molar-refractivity contribution in [3.05, 3.63) is 40.2 Å². The number of aromatic nitrogens is 1. The Morgan fingerprint density at radius 3 is 2.68 bits per heavy atom. The van der Waals surface area contributed by atoms with Crippen LogP contribution in [-0.4, -0.2) is 29.0 Å². The van der Waals surface area contributed by atoms with Gasteiger partial charge in [0.2, 0.25) is 0 Å². The van der Waals surface area contributed by atoms with E-state index in [9.17, 15) is 18.4 Å². The zero-order chi connectivity index (χ0) is 18.2. The molecule has 1 heterocycles. The highest BCUT2D eigenvalue weighted by Gasteiger charge is 2.43. The molecular formula is C16H16F2N4O2S. The van der Waals surface area contributed by atoms with Crippen molar-refractivity contribution in [3.63, 3.8) is 0 Å². The Labute approximate surface area is 146 Å². The highest BCUT2D eigenvalue weighted by molar-refractivity contribution is 7.17. The second kappa shape index (κ2) is 6.40. The maximum atomic E-state index is 14.1. The molecule has 1 aromatic carbocycles. The molecule has 1 aromatic heterocycles. The molecule has 2 aromatic rings. The maximum absolute atomic E-state index is 14.1. The van der Waals surface area contributed by atoms with Crippen molar-refractivity contribution < 1.29 is 18.4 Å². The average Bonchev–Trinajstić information content (AvgIpc) is 3.13. The number of rotatable bonds is 5. The normalized spacial score (nSPS) is 14.8. The maximum Gasteiger partial charge on any atom is 0.267 e. The fraction of sp³-hybridized carbons (Fsp3) is 0.312. The number of hydrogen-bond donors (Lipinski definition) is 3. The van der Waals surface area contributed by atoms with Crippen LogP contribution in [0.1, 0.15) is 38.4 Å². The number of halogens is 2. The minimum Gasteiger partial charge on any atom is -0.375 e. The van der Waals surface area contributed by atoms with E-state index in [1.54, 1.807) is 6.92 Å². The molecule has 1 aliphatic carbocycles. The van der Waals surface area contributed by atoms with Crippen LogP contribution >= 0.6 is 11.3 Å². The summed E-state index contributed by atoms with van der Waals surface area (Å²) in [6, 6.07) is 2.38. The number of nitrogens with zero attached hydrogens (tertiary/aromatic N) is 1. The minimum absolute atomic E-state index is 0.152. The lowest BCUT2D eigenvalue weighted by Gasteiger charge is -2.12. The van der Waals surface area contributed by atoms with E-state index in [2.05, 4.69) is 15.6 Å². The van der Waals surface area contributed by atoms with Gasteiger partial charge in [-0.3, -0.25) is 9.59 Å². The van der Waals surface area contributed by atoms with Crippen molar-refractivity contribution in [2.75, 3.05) is 17.6 Å². The number of amides is 2. The molecule has 132 valence electrons. The minimum atomic E-state index is -1.38. The number of carbonyl (C=O) groups excluding carboxylic acids is 2. The van der Waals surface area contributed by atoms with Crippen LogP contribution < -0.4 is 16.4 Å². The molecule has 0 saturated heterocycles. The fourth-order valence-corrected chi connectivity index (χ4v) is 2.78. The lowest BCUT2D eigenvalue weighted by Crippen LogP contribution is -2.31. The summed E-state index contributed by atoms with van der Waals surface area (Å²) in [5.74, 6) is -1.92. The molecule has 2 amide bonds. The molecule has 1 aliphatic rings. The zero-order valence-corrected chi connectivity index (χ0v) is 14.2. The summed E-state index contributed by atoms with van der Waals surface area (Å²) < 4.78 is 27.7. The monoisotopic (exact) mass is 366 g/mol. The molecule has 4 N–H and O–H groups in total. The van der Waals surface area contributed by atoms with Crippen LogP contribution in [0.3, 0.4) is 0 Å². The number of benzene rings is 1. The molecule has 9 heteroatoms. The molecule has 1 fully saturated rings. The summed E-state index contributed by atoms with van der Waals surface area (Å²) in [5, 5.41) is 5.24. The highest BCUT2D eigenvalue weighted by Crippen LogP contribution is 2.38. The Hall–Kier alpha value is -2.55. The third kappa shape index (κ3) is 3.93.